The first-order valence-electron chi connectivity index (χ1n) is 18.8. The minimum absolute atomic E-state index is 0.0575. The van der Waals surface area contributed by atoms with Gasteiger partial charge in [0.25, 0.3) is 0 Å². The van der Waals surface area contributed by atoms with Gasteiger partial charge in [-0.05, 0) is 109 Å². The van der Waals surface area contributed by atoms with E-state index in [1.54, 1.807) is 0 Å². The van der Waals surface area contributed by atoms with Crippen LogP contribution in [0.2, 0.25) is 0 Å². The molecular formula is C52H47N. The second kappa shape index (κ2) is 13.6. The van der Waals surface area contributed by atoms with Crippen LogP contribution in [0.25, 0.3) is 11.1 Å². The Bertz CT molecular complexity index is 2390. The van der Waals surface area contributed by atoms with Crippen molar-refractivity contribution in [1.29, 1.82) is 0 Å². The summed E-state index contributed by atoms with van der Waals surface area (Å²) in [6.07, 6.45) is 21.7. The third kappa shape index (κ3) is 5.83. The van der Waals surface area contributed by atoms with E-state index in [1.165, 1.54) is 66.8 Å². The molecule has 260 valence electrons. The number of anilines is 1. The average molecular weight is 686 g/mol. The second-order valence-corrected chi connectivity index (χ2v) is 15.3. The van der Waals surface area contributed by atoms with Crippen LogP contribution in [0.1, 0.15) is 75.8 Å². The van der Waals surface area contributed by atoms with Crippen LogP contribution in [-0.2, 0) is 5.41 Å². The first kappa shape index (κ1) is 34.2. The highest BCUT2D eigenvalue weighted by molar-refractivity contribution is 5.93. The SMILES string of the molecule is CC1=CC2=C(C=CC1)C(c1ccccc1)(c1ccccc1)c1cc(N(C3=CC=C4C=C(C)C(C)(C)C4=C=C3)/C(C)=C/C=C(\C)c3ccccc3)ccc12. The monoisotopic (exact) mass is 685 g/mol. The summed E-state index contributed by atoms with van der Waals surface area (Å²) in [5, 5.41) is 0. The molecule has 4 aromatic rings. The van der Waals surface area contributed by atoms with Gasteiger partial charge in [-0.15, -0.1) is 5.73 Å². The summed E-state index contributed by atoms with van der Waals surface area (Å²) in [6, 6.07) is 39.9. The molecule has 0 saturated heterocycles. The molecule has 0 saturated carbocycles. The number of nitrogens with zero attached hydrogens (tertiary/aromatic N) is 1. The van der Waals surface area contributed by atoms with Crippen molar-refractivity contribution in [2.45, 2.75) is 53.4 Å². The Labute approximate surface area is 316 Å². The van der Waals surface area contributed by atoms with Gasteiger partial charge >= 0.3 is 0 Å². The van der Waals surface area contributed by atoms with Gasteiger partial charge in [-0.3, -0.25) is 0 Å². The topological polar surface area (TPSA) is 3.24 Å². The molecule has 4 aliphatic rings. The van der Waals surface area contributed by atoms with Crippen LogP contribution in [-0.4, -0.2) is 0 Å². The van der Waals surface area contributed by atoms with E-state index in [2.05, 4.69) is 216 Å². The predicted molar refractivity (Wildman–Crippen MR) is 225 cm³/mol. The smallest absolute Gasteiger partial charge is 0.0714 e. The zero-order chi connectivity index (χ0) is 36.7. The summed E-state index contributed by atoms with van der Waals surface area (Å²) >= 11 is 0. The van der Waals surface area contributed by atoms with Crippen LogP contribution >= 0.6 is 0 Å². The van der Waals surface area contributed by atoms with Crippen LogP contribution in [0.5, 0.6) is 0 Å². The molecule has 8 rings (SSSR count). The first-order valence-corrected chi connectivity index (χ1v) is 18.8. The summed E-state index contributed by atoms with van der Waals surface area (Å²) in [5.74, 6) is 0. The van der Waals surface area contributed by atoms with Crippen molar-refractivity contribution in [3.63, 3.8) is 0 Å². The van der Waals surface area contributed by atoms with Gasteiger partial charge in [-0.1, -0.05) is 159 Å². The molecule has 0 spiro atoms. The van der Waals surface area contributed by atoms with Gasteiger partial charge in [0.15, 0.2) is 0 Å². The molecular weight excluding hydrogens is 639 g/mol. The van der Waals surface area contributed by atoms with Crippen LogP contribution in [0.3, 0.4) is 0 Å². The third-order valence-electron chi connectivity index (χ3n) is 11.7. The maximum absolute atomic E-state index is 3.78. The lowest BCUT2D eigenvalue weighted by molar-refractivity contribution is 0.566. The quantitative estimate of drug-likeness (QED) is 0.138. The first-order chi connectivity index (χ1) is 25.7. The molecule has 1 heteroatoms. The number of hydrogen-bond acceptors (Lipinski definition) is 1. The number of hydrogen-bond donors (Lipinski definition) is 0. The Balaban J connectivity index is 1.37. The Morgan fingerprint density at radius 3 is 2.09 bits per heavy atom. The van der Waals surface area contributed by atoms with Gasteiger partial charge in [0, 0.05) is 28.4 Å². The van der Waals surface area contributed by atoms with Crippen molar-refractivity contribution in [3.8, 4) is 0 Å². The highest BCUT2D eigenvalue weighted by Gasteiger charge is 2.47. The fourth-order valence-electron chi connectivity index (χ4n) is 8.53. The minimum Gasteiger partial charge on any atom is -0.314 e. The van der Waals surface area contributed by atoms with E-state index in [1.807, 2.05) is 0 Å². The van der Waals surface area contributed by atoms with Crippen molar-refractivity contribution in [2.24, 2.45) is 5.41 Å². The molecule has 0 amide bonds. The van der Waals surface area contributed by atoms with E-state index < -0.39 is 5.41 Å². The molecule has 0 heterocycles. The zero-order valence-electron chi connectivity index (χ0n) is 31.7. The molecule has 4 aromatic carbocycles. The summed E-state index contributed by atoms with van der Waals surface area (Å²) in [4.78, 5) is 2.41. The molecule has 1 nitrogen and oxygen atoms in total. The van der Waals surface area contributed by atoms with Gasteiger partial charge in [-0.25, -0.2) is 0 Å². The Hall–Kier alpha value is -5.88. The standard InChI is InChI=1S/C52H47N/c1-36-17-16-24-49-47(33-36)46-31-29-45(35-50(46)52(49,42-20-12-8-13-21-42)43-22-14-9-15-23-43)53(39(4)26-25-37(2)40-18-10-7-11-19-40)44-28-27-41-34-38(3)51(5,6)48(41)32-30-44/h7-16,18-31,33-35H,17H2,1-6H3/b37-25+,39-26+. The van der Waals surface area contributed by atoms with Crippen molar-refractivity contribution >= 4 is 16.8 Å². The van der Waals surface area contributed by atoms with Gasteiger partial charge in [-0.2, -0.15) is 0 Å². The molecule has 0 radical (unpaired) electrons. The molecule has 53 heavy (non-hydrogen) atoms. The molecule has 4 aliphatic carbocycles. The van der Waals surface area contributed by atoms with Gasteiger partial charge < -0.3 is 4.90 Å². The minimum atomic E-state index is -0.491. The van der Waals surface area contributed by atoms with Gasteiger partial charge in [0.2, 0.25) is 0 Å². The molecule has 0 aromatic heterocycles. The predicted octanol–water partition coefficient (Wildman–Crippen LogP) is 13.4. The third-order valence-corrected chi connectivity index (χ3v) is 11.7. The van der Waals surface area contributed by atoms with Crippen molar-refractivity contribution < 1.29 is 0 Å². The summed E-state index contributed by atoms with van der Waals surface area (Å²) in [5.41, 5.74) is 22.0. The Kier molecular flexibility index (Phi) is 8.77. The number of rotatable bonds is 7. The van der Waals surface area contributed by atoms with E-state index in [9.17, 15) is 0 Å². The normalized spacial score (nSPS) is 18.5. The maximum Gasteiger partial charge on any atom is 0.0714 e. The van der Waals surface area contributed by atoms with Gasteiger partial charge in [0.1, 0.15) is 0 Å². The number of benzene rings is 4. The van der Waals surface area contributed by atoms with E-state index in [0.29, 0.717) is 0 Å². The fraction of sp³-hybridized carbons (Fsp3) is 0.173. The fourth-order valence-corrected chi connectivity index (χ4v) is 8.53. The molecule has 0 unspecified atom stereocenters. The van der Waals surface area contributed by atoms with Crippen LogP contribution < -0.4 is 4.90 Å². The van der Waals surface area contributed by atoms with Crippen LogP contribution in [0.15, 0.2) is 209 Å². The summed E-state index contributed by atoms with van der Waals surface area (Å²) in [7, 11) is 0. The van der Waals surface area contributed by atoms with E-state index in [0.717, 1.165) is 23.5 Å². The molecule has 0 atom stereocenters. The lowest BCUT2D eigenvalue weighted by Crippen LogP contribution is -2.30. The van der Waals surface area contributed by atoms with Crippen LogP contribution in [0, 0.1) is 5.41 Å². The van der Waals surface area contributed by atoms with E-state index in [-0.39, 0.29) is 5.41 Å². The van der Waals surface area contributed by atoms with Crippen molar-refractivity contribution in [2.75, 3.05) is 4.90 Å². The summed E-state index contributed by atoms with van der Waals surface area (Å²) < 4.78 is 0. The van der Waals surface area contributed by atoms with Crippen LogP contribution in [0.4, 0.5) is 5.69 Å². The van der Waals surface area contributed by atoms with E-state index in [4.69, 9.17) is 0 Å². The van der Waals surface area contributed by atoms with Crippen molar-refractivity contribution in [1.82, 2.24) is 0 Å². The number of fused-ring (bicyclic) bond motifs is 3. The molecule has 0 N–H and O–H groups in total. The maximum atomic E-state index is 3.78. The average Bonchev–Trinajstić information content (AvgIpc) is 3.34. The highest BCUT2D eigenvalue weighted by atomic mass is 15.1. The second-order valence-electron chi connectivity index (χ2n) is 15.3. The lowest BCUT2D eigenvalue weighted by Gasteiger charge is -2.36. The molecule has 0 fully saturated rings. The largest absolute Gasteiger partial charge is 0.314 e. The zero-order valence-corrected chi connectivity index (χ0v) is 31.7. The Morgan fingerprint density at radius 2 is 1.42 bits per heavy atom. The molecule has 0 aliphatic heterocycles. The van der Waals surface area contributed by atoms with E-state index >= 15 is 0 Å². The van der Waals surface area contributed by atoms with Crippen molar-refractivity contribution in [3.05, 3.63) is 237 Å². The lowest BCUT2D eigenvalue weighted by atomic mass is 9.66. The molecule has 0 bridgehead atoms. The summed E-state index contributed by atoms with van der Waals surface area (Å²) in [6.45, 7) is 13.5. The highest BCUT2D eigenvalue weighted by Crippen LogP contribution is 2.57. The van der Waals surface area contributed by atoms with Gasteiger partial charge in [0.05, 0.1) is 11.1 Å². The Morgan fingerprint density at radius 1 is 0.755 bits per heavy atom. The number of allylic oxidation sites excluding steroid dienone is 16.